The molecule has 4 heteroatoms. The van der Waals surface area contributed by atoms with Crippen molar-refractivity contribution in [1.29, 1.82) is 0 Å². The van der Waals surface area contributed by atoms with E-state index < -0.39 is 0 Å². The number of aromatic nitrogens is 2. The van der Waals surface area contributed by atoms with Gasteiger partial charge in [0.15, 0.2) is 0 Å². The molecule has 3 aromatic carbocycles. The van der Waals surface area contributed by atoms with E-state index in [1.165, 1.54) is 0 Å². The Hall–Kier alpha value is -3.66. The lowest BCUT2D eigenvalue weighted by Crippen LogP contribution is -2.16. The van der Waals surface area contributed by atoms with Crippen LogP contribution in [-0.4, -0.2) is 17.8 Å². The summed E-state index contributed by atoms with van der Waals surface area (Å²) in [6.45, 7) is 4.03. The quantitative estimate of drug-likeness (QED) is 0.303. The van der Waals surface area contributed by atoms with E-state index in [2.05, 4.69) is 53.5 Å². The first-order valence-corrected chi connectivity index (χ1v) is 10.4. The van der Waals surface area contributed by atoms with Crippen molar-refractivity contribution in [2.45, 2.75) is 19.2 Å². The Kier molecular flexibility index (Phi) is 3.76. The second-order valence-corrected chi connectivity index (χ2v) is 8.66. The Labute approximate surface area is 181 Å². The fourth-order valence-electron chi connectivity index (χ4n) is 4.36. The second-order valence-electron chi connectivity index (χ2n) is 8.66. The molecular formula is C27H19BN2O. The molecule has 6 rings (SSSR count). The van der Waals surface area contributed by atoms with Gasteiger partial charge in [0.25, 0.3) is 0 Å². The largest absolute Gasteiger partial charge is 0.438 e. The predicted molar refractivity (Wildman–Crippen MR) is 129 cm³/mol. The fourth-order valence-corrected chi connectivity index (χ4v) is 4.36. The highest BCUT2D eigenvalue weighted by Crippen LogP contribution is 2.36. The molecule has 31 heavy (non-hydrogen) atoms. The molecule has 0 saturated carbocycles. The maximum absolute atomic E-state index is 6.30. The number of nitrogens with zero attached hydrogens (tertiary/aromatic N) is 2. The molecule has 3 heterocycles. The van der Waals surface area contributed by atoms with Gasteiger partial charge in [0, 0.05) is 34.1 Å². The Morgan fingerprint density at radius 2 is 1.65 bits per heavy atom. The van der Waals surface area contributed by atoms with Gasteiger partial charge < -0.3 is 4.42 Å². The Bertz CT molecular complexity index is 1630. The SMILES string of the molecule is [B]C(C)(C)c1ccc2c(-c3ccc4c(c3)oc3ncc5ccccc5c34)nccc2c1. The number of fused-ring (bicyclic) bond motifs is 6. The Morgan fingerprint density at radius 1 is 0.806 bits per heavy atom. The maximum Gasteiger partial charge on any atom is 0.227 e. The number of hydrogen-bond donors (Lipinski definition) is 0. The molecule has 0 spiro atoms. The zero-order valence-corrected chi connectivity index (χ0v) is 17.4. The molecule has 0 atom stereocenters. The number of benzene rings is 3. The van der Waals surface area contributed by atoms with E-state index in [1.807, 2.05) is 44.4 Å². The van der Waals surface area contributed by atoms with Gasteiger partial charge >= 0.3 is 0 Å². The summed E-state index contributed by atoms with van der Waals surface area (Å²) in [5, 5.41) is 6.21. The number of pyridine rings is 2. The first kappa shape index (κ1) is 18.1. The van der Waals surface area contributed by atoms with Gasteiger partial charge in [-0.05, 0) is 34.3 Å². The van der Waals surface area contributed by atoms with Crippen molar-refractivity contribution in [3.05, 3.63) is 84.7 Å². The van der Waals surface area contributed by atoms with Crippen LogP contribution >= 0.6 is 0 Å². The van der Waals surface area contributed by atoms with E-state index in [4.69, 9.17) is 17.2 Å². The van der Waals surface area contributed by atoms with Crippen molar-refractivity contribution in [1.82, 2.24) is 9.97 Å². The Balaban J connectivity index is 1.57. The highest BCUT2D eigenvalue weighted by atomic mass is 16.3. The van der Waals surface area contributed by atoms with Crippen LogP contribution in [0.4, 0.5) is 0 Å². The smallest absolute Gasteiger partial charge is 0.227 e. The van der Waals surface area contributed by atoms with Crippen LogP contribution in [0.3, 0.4) is 0 Å². The summed E-state index contributed by atoms with van der Waals surface area (Å²) >= 11 is 0. The van der Waals surface area contributed by atoms with E-state index in [-0.39, 0.29) is 5.31 Å². The van der Waals surface area contributed by atoms with E-state index in [9.17, 15) is 0 Å². The van der Waals surface area contributed by atoms with Crippen molar-refractivity contribution >= 4 is 51.5 Å². The van der Waals surface area contributed by atoms with E-state index in [1.54, 1.807) is 0 Å². The lowest BCUT2D eigenvalue weighted by Gasteiger charge is -2.20. The third-order valence-corrected chi connectivity index (χ3v) is 6.00. The summed E-state index contributed by atoms with van der Waals surface area (Å²) in [6.07, 6.45) is 3.71. The third kappa shape index (κ3) is 2.82. The van der Waals surface area contributed by atoms with Gasteiger partial charge in [-0.15, -0.1) is 0 Å². The average Bonchev–Trinajstić information content (AvgIpc) is 3.16. The third-order valence-electron chi connectivity index (χ3n) is 6.00. The fraction of sp³-hybridized carbons (Fsp3) is 0.111. The van der Waals surface area contributed by atoms with E-state index in [0.717, 1.165) is 54.7 Å². The van der Waals surface area contributed by atoms with Crippen molar-refractivity contribution < 1.29 is 4.42 Å². The lowest BCUT2D eigenvalue weighted by atomic mass is 9.67. The number of rotatable bonds is 2. The van der Waals surface area contributed by atoms with Crippen LogP contribution in [0, 0.1) is 0 Å². The molecule has 0 unspecified atom stereocenters. The lowest BCUT2D eigenvalue weighted by molar-refractivity contribution is 0.655. The average molecular weight is 398 g/mol. The summed E-state index contributed by atoms with van der Waals surface area (Å²) in [5.41, 5.74) is 4.52. The summed E-state index contributed by atoms with van der Waals surface area (Å²) < 4.78 is 6.14. The van der Waals surface area contributed by atoms with Crippen LogP contribution in [-0.2, 0) is 5.31 Å². The van der Waals surface area contributed by atoms with Crippen LogP contribution in [0.1, 0.15) is 19.4 Å². The van der Waals surface area contributed by atoms with Gasteiger partial charge in [-0.2, -0.15) is 0 Å². The monoisotopic (exact) mass is 398 g/mol. The van der Waals surface area contributed by atoms with Gasteiger partial charge in [0.05, 0.1) is 18.9 Å². The van der Waals surface area contributed by atoms with Crippen molar-refractivity contribution in [2.75, 3.05) is 0 Å². The summed E-state index contributed by atoms with van der Waals surface area (Å²) in [5.74, 6) is 0. The van der Waals surface area contributed by atoms with Crippen LogP contribution in [0.25, 0.3) is 54.9 Å². The van der Waals surface area contributed by atoms with Crippen LogP contribution < -0.4 is 0 Å². The van der Waals surface area contributed by atoms with Crippen LogP contribution in [0.15, 0.2) is 83.5 Å². The molecule has 6 aromatic rings. The van der Waals surface area contributed by atoms with Gasteiger partial charge in [-0.1, -0.05) is 67.9 Å². The summed E-state index contributed by atoms with van der Waals surface area (Å²) in [7, 11) is 6.30. The minimum absolute atomic E-state index is 0.388. The normalized spacial score (nSPS) is 12.3. The first-order chi connectivity index (χ1) is 15.0. The molecule has 0 amide bonds. The topological polar surface area (TPSA) is 38.9 Å². The maximum atomic E-state index is 6.30. The molecule has 2 radical (unpaired) electrons. The standard InChI is InChI=1S/C27H19BN2O/c1-27(2,28)19-8-10-21-16(13-19)11-12-29-25(21)17-7-9-22-23(14-17)31-26-24(22)20-6-4-3-5-18(20)15-30-26/h3-15H,1-2H3. The molecule has 0 saturated heterocycles. The zero-order valence-electron chi connectivity index (χ0n) is 17.4. The van der Waals surface area contributed by atoms with E-state index >= 15 is 0 Å². The Morgan fingerprint density at radius 3 is 2.52 bits per heavy atom. The van der Waals surface area contributed by atoms with Gasteiger partial charge in [0.1, 0.15) is 5.58 Å². The van der Waals surface area contributed by atoms with E-state index in [0.29, 0.717) is 5.71 Å². The molecule has 0 aliphatic carbocycles. The van der Waals surface area contributed by atoms with Crippen molar-refractivity contribution in [2.24, 2.45) is 0 Å². The molecule has 3 nitrogen and oxygen atoms in total. The molecule has 0 N–H and O–H groups in total. The highest BCUT2D eigenvalue weighted by Gasteiger charge is 2.16. The van der Waals surface area contributed by atoms with Crippen LogP contribution in [0.2, 0.25) is 0 Å². The van der Waals surface area contributed by atoms with Crippen molar-refractivity contribution in [3.8, 4) is 11.3 Å². The minimum Gasteiger partial charge on any atom is -0.438 e. The molecule has 0 bridgehead atoms. The summed E-state index contributed by atoms with van der Waals surface area (Å²) in [6, 6.07) is 22.9. The number of hydrogen-bond acceptors (Lipinski definition) is 3. The second kappa shape index (κ2) is 6.42. The number of furan rings is 1. The molecule has 0 aliphatic rings. The first-order valence-electron chi connectivity index (χ1n) is 10.4. The molecule has 146 valence electrons. The molecular weight excluding hydrogens is 379 g/mol. The minimum atomic E-state index is -0.388. The van der Waals surface area contributed by atoms with Crippen LogP contribution in [0.5, 0.6) is 0 Å². The molecule has 3 aromatic heterocycles. The predicted octanol–water partition coefficient (Wildman–Crippen LogP) is 6.75. The van der Waals surface area contributed by atoms with Gasteiger partial charge in [-0.25, -0.2) is 4.98 Å². The highest BCUT2D eigenvalue weighted by molar-refractivity contribution is 6.18. The van der Waals surface area contributed by atoms with Gasteiger partial charge in [0.2, 0.25) is 5.71 Å². The van der Waals surface area contributed by atoms with Crippen molar-refractivity contribution in [3.63, 3.8) is 0 Å². The zero-order chi connectivity index (χ0) is 21.2. The molecule has 0 aliphatic heterocycles. The summed E-state index contributed by atoms with van der Waals surface area (Å²) in [4.78, 5) is 9.23. The molecule has 0 fully saturated rings. The van der Waals surface area contributed by atoms with Gasteiger partial charge in [-0.3, -0.25) is 4.98 Å².